The SMILES string of the molecule is CCC(C)NC(=O)CN(c1ccccc1Br)S(C)(=O)=O. The summed E-state index contributed by atoms with van der Waals surface area (Å²) in [6, 6.07) is 6.92. The number of halogens is 1. The second-order valence-electron chi connectivity index (χ2n) is 4.60. The van der Waals surface area contributed by atoms with E-state index in [1.54, 1.807) is 24.3 Å². The van der Waals surface area contributed by atoms with Gasteiger partial charge in [0.25, 0.3) is 0 Å². The van der Waals surface area contributed by atoms with Crippen LogP contribution >= 0.6 is 15.9 Å². The van der Waals surface area contributed by atoms with Crippen LogP contribution in [0.5, 0.6) is 0 Å². The Labute approximate surface area is 128 Å². The zero-order valence-electron chi connectivity index (χ0n) is 11.8. The van der Waals surface area contributed by atoms with E-state index in [0.29, 0.717) is 10.2 Å². The lowest BCUT2D eigenvalue weighted by molar-refractivity contribution is -0.120. The fourth-order valence-electron chi connectivity index (χ4n) is 1.59. The van der Waals surface area contributed by atoms with Crippen LogP contribution in [0.4, 0.5) is 5.69 Å². The number of carbonyl (C=O) groups is 1. The van der Waals surface area contributed by atoms with Crippen molar-refractivity contribution < 1.29 is 13.2 Å². The Morgan fingerprint density at radius 3 is 2.50 bits per heavy atom. The number of sulfonamides is 1. The predicted molar refractivity (Wildman–Crippen MR) is 84.2 cm³/mol. The van der Waals surface area contributed by atoms with Gasteiger partial charge in [0.05, 0.1) is 11.9 Å². The minimum atomic E-state index is -3.54. The van der Waals surface area contributed by atoms with Gasteiger partial charge in [-0.15, -0.1) is 0 Å². The zero-order valence-corrected chi connectivity index (χ0v) is 14.2. The van der Waals surface area contributed by atoms with E-state index in [9.17, 15) is 13.2 Å². The highest BCUT2D eigenvalue weighted by molar-refractivity contribution is 9.10. The lowest BCUT2D eigenvalue weighted by Crippen LogP contribution is -2.43. The lowest BCUT2D eigenvalue weighted by Gasteiger charge is -2.23. The number of benzene rings is 1. The predicted octanol–water partition coefficient (Wildman–Crippen LogP) is 2.13. The van der Waals surface area contributed by atoms with Gasteiger partial charge in [-0.25, -0.2) is 8.42 Å². The van der Waals surface area contributed by atoms with Crippen molar-refractivity contribution in [2.75, 3.05) is 17.1 Å². The summed E-state index contributed by atoms with van der Waals surface area (Å²) >= 11 is 3.31. The molecule has 0 saturated heterocycles. The summed E-state index contributed by atoms with van der Waals surface area (Å²) < 4.78 is 25.5. The highest BCUT2D eigenvalue weighted by Gasteiger charge is 2.22. The number of para-hydroxylation sites is 1. The smallest absolute Gasteiger partial charge is 0.240 e. The molecule has 1 atom stereocenters. The van der Waals surface area contributed by atoms with Crippen LogP contribution in [0.25, 0.3) is 0 Å². The summed E-state index contributed by atoms with van der Waals surface area (Å²) in [5, 5.41) is 2.76. The average molecular weight is 363 g/mol. The van der Waals surface area contributed by atoms with Gasteiger partial charge in [-0.2, -0.15) is 0 Å². The van der Waals surface area contributed by atoms with Crippen molar-refractivity contribution in [1.82, 2.24) is 5.32 Å². The van der Waals surface area contributed by atoms with Crippen LogP contribution < -0.4 is 9.62 Å². The molecule has 0 aliphatic heterocycles. The van der Waals surface area contributed by atoms with Crippen molar-refractivity contribution >= 4 is 37.5 Å². The van der Waals surface area contributed by atoms with E-state index in [1.165, 1.54) is 0 Å². The summed E-state index contributed by atoms with van der Waals surface area (Å²) in [5.74, 6) is -0.319. The normalized spacial score (nSPS) is 12.8. The van der Waals surface area contributed by atoms with Crippen molar-refractivity contribution in [3.05, 3.63) is 28.7 Å². The molecule has 1 aromatic carbocycles. The maximum Gasteiger partial charge on any atom is 0.240 e. The first-order valence-electron chi connectivity index (χ1n) is 6.27. The Kier molecular flexibility index (Phi) is 6.01. The van der Waals surface area contributed by atoms with Crippen molar-refractivity contribution in [1.29, 1.82) is 0 Å². The van der Waals surface area contributed by atoms with Crippen molar-refractivity contribution in [2.45, 2.75) is 26.3 Å². The Morgan fingerprint density at radius 1 is 1.40 bits per heavy atom. The highest BCUT2D eigenvalue weighted by atomic mass is 79.9. The molecule has 0 fully saturated rings. The number of amides is 1. The number of carbonyl (C=O) groups excluding carboxylic acids is 1. The molecule has 0 aromatic heterocycles. The molecule has 0 radical (unpaired) electrons. The van der Waals surface area contributed by atoms with Crippen molar-refractivity contribution in [3.63, 3.8) is 0 Å². The second kappa shape index (κ2) is 7.08. The van der Waals surface area contributed by atoms with E-state index in [-0.39, 0.29) is 18.5 Å². The molecule has 0 spiro atoms. The van der Waals surface area contributed by atoms with E-state index >= 15 is 0 Å². The van der Waals surface area contributed by atoms with Gasteiger partial charge in [-0.05, 0) is 41.4 Å². The number of hydrogen-bond donors (Lipinski definition) is 1. The zero-order chi connectivity index (χ0) is 15.3. The topological polar surface area (TPSA) is 66.5 Å². The minimum absolute atomic E-state index is 0.0168. The quantitative estimate of drug-likeness (QED) is 0.842. The van der Waals surface area contributed by atoms with Crippen molar-refractivity contribution in [2.24, 2.45) is 0 Å². The van der Waals surface area contributed by atoms with E-state index in [0.717, 1.165) is 17.0 Å². The van der Waals surface area contributed by atoms with Crippen LogP contribution in [0.2, 0.25) is 0 Å². The fourth-order valence-corrected chi connectivity index (χ4v) is 3.07. The van der Waals surface area contributed by atoms with Gasteiger partial charge in [-0.3, -0.25) is 9.10 Å². The first-order chi connectivity index (χ1) is 9.25. The van der Waals surface area contributed by atoms with E-state index in [1.807, 2.05) is 13.8 Å². The van der Waals surface area contributed by atoms with Crippen LogP contribution in [0.3, 0.4) is 0 Å². The molecule has 1 amide bonds. The molecule has 5 nitrogen and oxygen atoms in total. The molecule has 0 saturated carbocycles. The third kappa shape index (κ3) is 4.79. The Hall–Kier alpha value is -1.08. The molecule has 1 unspecified atom stereocenters. The second-order valence-corrected chi connectivity index (χ2v) is 7.36. The van der Waals surface area contributed by atoms with E-state index < -0.39 is 10.0 Å². The number of anilines is 1. The Balaban J connectivity index is 2.99. The third-order valence-corrected chi connectivity index (χ3v) is 4.63. The number of hydrogen-bond acceptors (Lipinski definition) is 3. The van der Waals surface area contributed by atoms with Gasteiger partial charge in [-0.1, -0.05) is 19.1 Å². The first kappa shape index (κ1) is 17.0. The molecule has 0 aliphatic carbocycles. The molecule has 0 aliphatic rings. The highest BCUT2D eigenvalue weighted by Crippen LogP contribution is 2.27. The molecule has 1 rings (SSSR count). The van der Waals surface area contributed by atoms with Crippen molar-refractivity contribution in [3.8, 4) is 0 Å². The average Bonchev–Trinajstić information content (AvgIpc) is 2.35. The molecule has 1 aromatic rings. The molecular weight excluding hydrogens is 344 g/mol. The van der Waals surface area contributed by atoms with Crippen LogP contribution in [0.1, 0.15) is 20.3 Å². The third-order valence-electron chi connectivity index (χ3n) is 2.83. The van der Waals surface area contributed by atoms with Gasteiger partial charge in [0.1, 0.15) is 6.54 Å². The van der Waals surface area contributed by atoms with Gasteiger partial charge >= 0.3 is 0 Å². The molecule has 0 heterocycles. The van der Waals surface area contributed by atoms with Gasteiger partial charge in [0, 0.05) is 10.5 Å². The maximum atomic E-state index is 11.9. The molecule has 112 valence electrons. The molecule has 1 N–H and O–H groups in total. The van der Waals surface area contributed by atoms with Gasteiger partial charge in [0.15, 0.2) is 0 Å². The molecule has 20 heavy (non-hydrogen) atoms. The molecule has 0 bridgehead atoms. The summed E-state index contributed by atoms with van der Waals surface area (Å²) in [7, 11) is -3.54. The Morgan fingerprint density at radius 2 is 2.00 bits per heavy atom. The fraction of sp³-hybridized carbons (Fsp3) is 0.462. The standard InChI is InChI=1S/C13H19BrN2O3S/c1-4-10(2)15-13(17)9-16(20(3,18)19)12-8-6-5-7-11(12)14/h5-8,10H,4,9H2,1-3H3,(H,15,17). The first-order valence-corrected chi connectivity index (χ1v) is 8.91. The van der Waals surface area contributed by atoms with Gasteiger partial charge in [0.2, 0.25) is 15.9 Å². The number of nitrogens with zero attached hydrogens (tertiary/aromatic N) is 1. The lowest BCUT2D eigenvalue weighted by atomic mass is 10.2. The van der Waals surface area contributed by atoms with Crippen LogP contribution in [0, 0.1) is 0 Å². The Bertz CT molecular complexity index is 575. The number of rotatable bonds is 6. The monoisotopic (exact) mass is 362 g/mol. The van der Waals surface area contributed by atoms with Gasteiger partial charge < -0.3 is 5.32 Å². The minimum Gasteiger partial charge on any atom is -0.352 e. The molecule has 7 heteroatoms. The maximum absolute atomic E-state index is 11.9. The van der Waals surface area contributed by atoms with E-state index in [2.05, 4.69) is 21.2 Å². The molecular formula is C13H19BrN2O3S. The van der Waals surface area contributed by atoms with E-state index in [4.69, 9.17) is 0 Å². The summed E-state index contributed by atoms with van der Waals surface area (Å²) in [6.07, 6.45) is 1.88. The van der Waals surface area contributed by atoms with Crippen LogP contribution in [0.15, 0.2) is 28.7 Å². The number of nitrogens with one attached hydrogen (secondary N) is 1. The largest absolute Gasteiger partial charge is 0.352 e. The summed E-state index contributed by atoms with van der Waals surface area (Å²) in [5.41, 5.74) is 0.453. The van der Waals surface area contributed by atoms with Crippen LogP contribution in [-0.2, 0) is 14.8 Å². The van der Waals surface area contributed by atoms with Crippen LogP contribution in [-0.4, -0.2) is 33.2 Å². The summed E-state index contributed by atoms with van der Waals surface area (Å²) in [6.45, 7) is 3.60. The summed E-state index contributed by atoms with van der Waals surface area (Å²) in [4.78, 5) is 11.9.